The van der Waals surface area contributed by atoms with Gasteiger partial charge in [-0.2, -0.15) is 0 Å². The lowest BCUT2D eigenvalue weighted by Crippen LogP contribution is -2.49. The highest BCUT2D eigenvalue weighted by molar-refractivity contribution is 7.92. The number of hydrogen-bond donors (Lipinski definition) is 1. The van der Waals surface area contributed by atoms with Crippen LogP contribution >= 0.6 is 0 Å². The number of carbonyl (C=O) groups is 1. The summed E-state index contributed by atoms with van der Waals surface area (Å²) in [6.07, 6.45) is 1.46. The Bertz CT molecular complexity index is 928. The van der Waals surface area contributed by atoms with Crippen LogP contribution in [0.1, 0.15) is 37.4 Å². The minimum atomic E-state index is -3.66. The first-order valence-corrected chi connectivity index (χ1v) is 11.0. The molecule has 0 aliphatic rings. The molecule has 0 aliphatic heterocycles. The molecule has 2 aromatic rings. The number of methoxy groups -OCH3 is 1. The Labute approximate surface area is 167 Å². The van der Waals surface area contributed by atoms with Crippen molar-refractivity contribution in [3.8, 4) is 5.75 Å². The van der Waals surface area contributed by atoms with Gasteiger partial charge in [0.05, 0.1) is 25.1 Å². The lowest BCUT2D eigenvalue weighted by Gasteiger charge is -2.31. The highest BCUT2D eigenvalue weighted by atomic mass is 32.2. The van der Waals surface area contributed by atoms with Gasteiger partial charge in [-0.05, 0) is 44.0 Å². The van der Waals surface area contributed by atoms with E-state index in [0.717, 1.165) is 17.4 Å². The van der Waals surface area contributed by atoms with Gasteiger partial charge in [0.25, 0.3) is 0 Å². The fourth-order valence-electron chi connectivity index (χ4n) is 3.24. The summed E-state index contributed by atoms with van der Waals surface area (Å²) in [6, 6.07) is 13.4. The van der Waals surface area contributed by atoms with Gasteiger partial charge in [-0.25, -0.2) is 8.42 Å². The van der Waals surface area contributed by atoms with Crippen LogP contribution in [0.5, 0.6) is 5.75 Å². The molecule has 0 saturated heterocycles. The van der Waals surface area contributed by atoms with Gasteiger partial charge in [-0.15, -0.1) is 0 Å². The van der Waals surface area contributed by atoms with Crippen LogP contribution in [0.15, 0.2) is 48.5 Å². The Kier molecular flexibility index (Phi) is 7.07. The van der Waals surface area contributed by atoms with E-state index in [1.54, 1.807) is 32.2 Å². The molecule has 2 aromatic carbocycles. The summed E-state index contributed by atoms with van der Waals surface area (Å²) in [4.78, 5) is 13.0. The van der Waals surface area contributed by atoms with Gasteiger partial charge in [0.2, 0.25) is 15.9 Å². The number of ether oxygens (including phenoxy) is 1. The maximum absolute atomic E-state index is 13.0. The second-order valence-electron chi connectivity index (χ2n) is 6.79. The molecule has 0 bridgehead atoms. The zero-order valence-corrected chi connectivity index (χ0v) is 17.8. The molecular formula is C21H28N2O4S. The normalized spacial score (nSPS) is 13.5. The number of rotatable bonds is 8. The van der Waals surface area contributed by atoms with E-state index in [9.17, 15) is 13.2 Å². The van der Waals surface area contributed by atoms with Crippen LogP contribution in [0, 0.1) is 6.92 Å². The van der Waals surface area contributed by atoms with Crippen LogP contribution in [-0.4, -0.2) is 33.7 Å². The first-order chi connectivity index (χ1) is 13.2. The van der Waals surface area contributed by atoms with Crippen molar-refractivity contribution in [1.82, 2.24) is 5.32 Å². The molecule has 0 aromatic heterocycles. The minimum absolute atomic E-state index is 0.336. The summed E-state index contributed by atoms with van der Waals surface area (Å²) in [5, 5.41) is 2.93. The third-order valence-corrected chi connectivity index (χ3v) is 5.73. The number of carbonyl (C=O) groups excluding carboxylic acids is 1. The molecule has 2 atom stereocenters. The van der Waals surface area contributed by atoms with E-state index in [1.165, 1.54) is 4.31 Å². The molecule has 152 valence electrons. The molecule has 1 amide bonds. The average Bonchev–Trinajstić information content (AvgIpc) is 2.64. The monoisotopic (exact) mass is 404 g/mol. The van der Waals surface area contributed by atoms with Crippen molar-refractivity contribution in [3.05, 3.63) is 59.7 Å². The van der Waals surface area contributed by atoms with Crippen LogP contribution in [0.3, 0.4) is 0 Å². The molecule has 0 aliphatic carbocycles. The van der Waals surface area contributed by atoms with Crippen molar-refractivity contribution in [2.75, 3.05) is 17.7 Å². The summed E-state index contributed by atoms with van der Waals surface area (Å²) in [7, 11) is -2.08. The Balaban J connectivity index is 2.34. The standard InChI is InChI=1S/C21H28N2O4S/c1-6-19(23(28(5,25)26)17-11-9-10-15(2)14-17)21(24)22-16(3)18-12-7-8-13-20(18)27-4/h7-14,16,19H,6H2,1-5H3,(H,22,24)/t16-,19+/m1/s1. The first kappa shape index (κ1) is 21.8. The average molecular weight is 405 g/mol. The van der Waals surface area contributed by atoms with Gasteiger partial charge in [0.15, 0.2) is 0 Å². The van der Waals surface area contributed by atoms with E-state index < -0.39 is 16.1 Å². The number of nitrogens with zero attached hydrogens (tertiary/aromatic N) is 1. The van der Waals surface area contributed by atoms with E-state index in [2.05, 4.69) is 5.32 Å². The highest BCUT2D eigenvalue weighted by Gasteiger charge is 2.32. The molecule has 28 heavy (non-hydrogen) atoms. The zero-order valence-electron chi connectivity index (χ0n) is 17.0. The highest BCUT2D eigenvalue weighted by Crippen LogP contribution is 2.26. The summed E-state index contributed by atoms with van der Waals surface area (Å²) >= 11 is 0. The molecule has 2 rings (SSSR count). The predicted octanol–water partition coefficient (Wildman–Crippen LogP) is 3.43. The van der Waals surface area contributed by atoms with Crippen molar-refractivity contribution in [1.29, 1.82) is 0 Å². The smallest absolute Gasteiger partial charge is 0.244 e. The van der Waals surface area contributed by atoms with E-state index >= 15 is 0 Å². The minimum Gasteiger partial charge on any atom is -0.496 e. The third kappa shape index (κ3) is 5.04. The maximum Gasteiger partial charge on any atom is 0.244 e. The number of amides is 1. The van der Waals surface area contributed by atoms with Crippen molar-refractivity contribution in [3.63, 3.8) is 0 Å². The van der Waals surface area contributed by atoms with E-state index in [0.29, 0.717) is 17.9 Å². The van der Waals surface area contributed by atoms with Gasteiger partial charge in [-0.1, -0.05) is 37.3 Å². The van der Waals surface area contributed by atoms with Crippen LogP contribution in [0.25, 0.3) is 0 Å². The molecule has 1 N–H and O–H groups in total. The van der Waals surface area contributed by atoms with Gasteiger partial charge in [-0.3, -0.25) is 9.10 Å². The topological polar surface area (TPSA) is 75.7 Å². The summed E-state index contributed by atoms with van der Waals surface area (Å²) in [5.74, 6) is 0.315. The SMILES string of the molecule is CC[C@@H](C(=O)N[C@H](C)c1ccccc1OC)N(c1cccc(C)c1)S(C)(=O)=O. The van der Waals surface area contributed by atoms with Gasteiger partial charge < -0.3 is 10.1 Å². The van der Waals surface area contributed by atoms with Crippen LogP contribution < -0.4 is 14.4 Å². The Morgan fingerprint density at radius 2 is 1.86 bits per heavy atom. The van der Waals surface area contributed by atoms with Crippen molar-refractivity contribution in [2.24, 2.45) is 0 Å². The molecule has 6 nitrogen and oxygen atoms in total. The molecule has 7 heteroatoms. The van der Waals surface area contributed by atoms with Crippen molar-refractivity contribution >= 4 is 21.6 Å². The Hall–Kier alpha value is -2.54. The van der Waals surface area contributed by atoms with E-state index in [4.69, 9.17) is 4.74 Å². The summed E-state index contributed by atoms with van der Waals surface area (Å²) < 4.78 is 31.6. The molecule has 0 fully saturated rings. The zero-order chi connectivity index (χ0) is 20.9. The molecule has 0 heterocycles. The third-order valence-electron chi connectivity index (χ3n) is 4.55. The summed E-state index contributed by atoms with van der Waals surface area (Å²) in [6.45, 7) is 5.53. The molecule has 0 unspecified atom stereocenters. The molecule has 0 radical (unpaired) electrons. The van der Waals surface area contributed by atoms with Crippen LogP contribution in [0.4, 0.5) is 5.69 Å². The lowest BCUT2D eigenvalue weighted by molar-refractivity contribution is -0.122. The molecular weight excluding hydrogens is 376 g/mol. The van der Waals surface area contributed by atoms with E-state index in [-0.39, 0.29) is 11.9 Å². The van der Waals surface area contributed by atoms with Crippen LogP contribution in [0.2, 0.25) is 0 Å². The largest absolute Gasteiger partial charge is 0.496 e. The number of aryl methyl sites for hydroxylation is 1. The molecule has 0 saturated carbocycles. The fourth-order valence-corrected chi connectivity index (χ4v) is 4.44. The van der Waals surface area contributed by atoms with E-state index in [1.807, 2.05) is 44.2 Å². The second-order valence-corrected chi connectivity index (χ2v) is 8.65. The summed E-state index contributed by atoms with van der Waals surface area (Å²) in [5.41, 5.74) is 2.23. The maximum atomic E-state index is 13.0. The Morgan fingerprint density at radius 3 is 2.43 bits per heavy atom. The van der Waals surface area contributed by atoms with Crippen molar-refractivity contribution in [2.45, 2.75) is 39.3 Å². The number of sulfonamides is 1. The first-order valence-electron chi connectivity index (χ1n) is 9.18. The molecule has 0 spiro atoms. The van der Waals surface area contributed by atoms with Gasteiger partial charge in [0, 0.05) is 5.56 Å². The van der Waals surface area contributed by atoms with Crippen LogP contribution in [-0.2, 0) is 14.8 Å². The number of hydrogen-bond acceptors (Lipinski definition) is 4. The number of benzene rings is 2. The van der Waals surface area contributed by atoms with Crippen molar-refractivity contribution < 1.29 is 17.9 Å². The van der Waals surface area contributed by atoms with Gasteiger partial charge >= 0.3 is 0 Å². The fraction of sp³-hybridized carbons (Fsp3) is 0.381. The number of para-hydroxylation sites is 1. The Morgan fingerprint density at radius 1 is 1.18 bits per heavy atom. The second kappa shape index (κ2) is 9.10. The quantitative estimate of drug-likeness (QED) is 0.731. The predicted molar refractivity (Wildman–Crippen MR) is 112 cm³/mol. The van der Waals surface area contributed by atoms with Gasteiger partial charge in [0.1, 0.15) is 11.8 Å². The lowest BCUT2D eigenvalue weighted by atomic mass is 10.1. The number of nitrogens with one attached hydrogen (secondary N) is 1. The number of anilines is 1.